The third-order valence-electron chi connectivity index (χ3n) is 4.13. The summed E-state index contributed by atoms with van der Waals surface area (Å²) >= 11 is 0. The second-order valence-electron chi connectivity index (χ2n) is 5.50. The van der Waals surface area contributed by atoms with Gasteiger partial charge in [0.2, 0.25) is 0 Å². The predicted molar refractivity (Wildman–Crippen MR) is 73.2 cm³/mol. The highest BCUT2D eigenvalue weighted by atomic mass is 16.5. The molecule has 1 saturated carbocycles. The standard InChI is InChI=1S/C15H20N2O2/c16-13(8-10-2-1-3-10)11-4-5-14-12(9-11)15(18)17-6-7-19-14/h4-5,9-10,13H,1-3,6-8,16H2,(H,17,18). The molecule has 0 spiro atoms. The molecule has 2 aliphatic rings. The summed E-state index contributed by atoms with van der Waals surface area (Å²) in [5.74, 6) is 1.36. The van der Waals surface area contributed by atoms with Crippen molar-refractivity contribution in [2.24, 2.45) is 11.7 Å². The third kappa shape index (κ3) is 2.59. The van der Waals surface area contributed by atoms with E-state index in [-0.39, 0.29) is 11.9 Å². The molecule has 0 radical (unpaired) electrons. The maximum absolute atomic E-state index is 11.9. The molecule has 1 unspecified atom stereocenters. The SMILES string of the molecule is NC(CC1CCC1)c1ccc2c(c1)C(=O)NCCO2. The average molecular weight is 260 g/mol. The molecule has 1 fully saturated rings. The summed E-state index contributed by atoms with van der Waals surface area (Å²) in [6.45, 7) is 1.07. The lowest BCUT2D eigenvalue weighted by Gasteiger charge is -2.28. The number of nitrogens with two attached hydrogens (primary N) is 1. The lowest BCUT2D eigenvalue weighted by molar-refractivity contribution is 0.0957. The van der Waals surface area contributed by atoms with Gasteiger partial charge in [0, 0.05) is 6.04 Å². The van der Waals surface area contributed by atoms with Crippen LogP contribution in [0.3, 0.4) is 0 Å². The molecular weight excluding hydrogens is 240 g/mol. The van der Waals surface area contributed by atoms with Crippen LogP contribution in [0.5, 0.6) is 5.75 Å². The third-order valence-corrected chi connectivity index (χ3v) is 4.13. The van der Waals surface area contributed by atoms with E-state index in [9.17, 15) is 4.79 Å². The van der Waals surface area contributed by atoms with Gasteiger partial charge in [0.05, 0.1) is 12.1 Å². The number of rotatable bonds is 3. The first-order valence-electron chi connectivity index (χ1n) is 7.04. The molecule has 0 saturated heterocycles. The maximum atomic E-state index is 11.9. The molecule has 4 heteroatoms. The number of hydrogen-bond acceptors (Lipinski definition) is 3. The molecule has 0 aromatic heterocycles. The summed E-state index contributed by atoms with van der Waals surface area (Å²) in [6.07, 6.45) is 4.93. The summed E-state index contributed by atoms with van der Waals surface area (Å²) in [5, 5.41) is 2.83. The summed E-state index contributed by atoms with van der Waals surface area (Å²) in [5.41, 5.74) is 7.89. The number of carbonyl (C=O) groups is 1. The highest BCUT2D eigenvalue weighted by Crippen LogP contribution is 2.34. The summed E-state index contributed by atoms with van der Waals surface area (Å²) in [4.78, 5) is 11.9. The van der Waals surface area contributed by atoms with Crippen LogP contribution in [0.4, 0.5) is 0 Å². The zero-order chi connectivity index (χ0) is 13.2. The van der Waals surface area contributed by atoms with E-state index in [0.717, 1.165) is 17.9 Å². The quantitative estimate of drug-likeness (QED) is 0.873. The summed E-state index contributed by atoms with van der Waals surface area (Å²) in [6, 6.07) is 5.77. The van der Waals surface area contributed by atoms with Crippen molar-refractivity contribution in [2.45, 2.75) is 31.7 Å². The van der Waals surface area contributed by atoms with Gasteiger partial charge in [-0.05, 0) is 30.0 Å². The Hall–Kier alpha value is -1.55. The van der Waals surface area contributed by atoms with E-state index < -0.39 is 0 Å². The molecule has 3 N–H and O–H groups in total. The van der Waals surface area contributed by atoms with Crippen molar-refractivity contribution < 1.29 is 9.53 Å². The lowest BCUT2D eigenvalue weighted by Crippen LogP contribution is -2.25. The van der Waals surface area contributed by atoms with Crippen LogP contribution in [0.15, 0.2) is 18.2 Å². The van der Waals surface area contributed by atoms with Gasteiger partial charge >= 0.3 is 0 Å². The number of benzene rings is 1. The van der Waals surface area contributed by atoms with E-state index in [4.69, 9.17) is 10.5 Å². The minimum absolute atomic E-state index is 0.0200. The average Bonchev–Trinajstić information content (AvgIpc) is 2.55. The van der Waals surface area contributed by atoms with Gasteiger partial charge < -0.3 is 15.8 Å². The fourth-order valence-electron chi connectivity index (χ4n) is 2.73. The molecule has 19 heavy (non-hydrogen) atoms. The van der Waals surface area contributed by atoms with Crippen molar-refractivity contribution in [3.05, 3.63) is 29.3 Å². The monoisotopic (exact) mass is 260 g/mol. The number of hydrogen-bond donors (Lipinski definition) is 2. The van der Waals surface area contributed by atoms with Gasteiger partial charge in [-0.3, -0.25) is 4.79 Å². The fraction of sp³-hybridized carbons (Fsp3) is 0.533. The molecule has 1 amide bonds. The van der Waals surface area contributed by atoms with Gasteiger partial charge in [0.1, 0.15) is 12.4 Å². The Balaban J connectivity index is 1.80. The Bertz CT molecular complexity index is 483. The molecule has 0 bridgehead atoms. The van der Waals surface area contributed by atoms with Crippen LogP contribution in [-0.2, 0) is 0 Å². The molecule has 4 nitrogen and oxygen atoms in total. The topological polar surface area (TPSA) is 64.4 Å². The van der Waals surface area contributed by atoms with Gasteiger partial charge in [0.15, 0.2) is 0 Å². The molecule has 3 rings (SSSR count). The predicted octanol–water partition coefficient (Wildman–Crippen LogP) is 2.00. The molecule has 1 aromatic rings. The van der Waals surface area contributed by atoms with Gasteiger partial charge in [-0.25, -0.2) is 0 Å². The minimum Gasteiger partial charge on any atom is -0.491 e. The van der Waals surface area contributed by atoms with Crippen molar-refractivity contribution in [1.29, 1.82) is 0 Å². The van der Waals surface area contributed by atoms with E-state index >= 15 is 0 Å². The number of nitrogens with one attached hydrogen (secondary N) is 1. The Morgan fingerprint density at radius 2 is 2.26 bits per heavy atom. The van der Waals surface area contributed by atoms with E-state index in [2.05, 4.69) is 5.32 Å². The van der Waals surface area contributed by atoms with Crippen LogP contribution in [0.2, 0.25) is 0 Å². The van der Waals surface area contributed by atoms with E-state index in [0.29, 0.717) is 24.5 Å². The number of carbonyl (C=O) groups excluding carboxylic acids is 1. The molecule has 1 atom stereocenters. The lowest BCUT2D eigenvalue weighted by atomic mass is 9.79. The smallest absolute Gasteiger partial charge is 0.255 e. The van der Waals surface area contributed by atoms with Gasteiger partial charge in [-0.1, -0.05) is 25.3 Å². The molecule has 1 aliphatic heterocycles. The highest BCUT2D eigenvalue weighted by molar-refractivity contribution is 5.97. The van der Waals surface area contributed by atoms with Crippen molar-refractivity contribution in [3.63, 3.8) is 0 Å². The van der Waals surface area contributed by atoms with Crippen molar-refractivity contribution in [3.8, 4) is 5.75 Å². The zero-order valence-corrected chi connectivity index (χ0v) is 11.0. The minimum atomic E-state index is -0.0646. The van der Waals surface area contributed by atoms with Crippen molar-refractivity contribution in [1.82, 2.24) is 5.32 Å². The van der Waals surface area contributed by atoms with E-state index in [1.807, 2.05) is 18.2 Å². The summed E-state index contributed by atoms with van der Waals surface area (Å²) < 4.78 is 5.54. The number of amides is 1. The van der Waals surface area contributed by atoms with Crippen LogP contribution in [0.1, 0.15) is 47.6 Å². The Labute approximate surface area is 113 Å². The first kappa shape index (κ1) is 12.5. The molecule has 1 aromatic carbocycles. The van der Waals surface area contributed by atoms with Crippen molar-refractivity contribution in [2.75, 3.05) is 13.2 Å². The maximum Gasteiger partial charge on any atom is 0.255 e. The van der Waals surface area contributed by atoms with Crippen LogP contribution >= 0.6 is 0 Å². The number of ether oxygens (including phenoxy) is 1. The van der Waals surface area contributed by atoms with Gasteiger partial charge in [-0.15, -0.1) is 0 Å². The Kier molecular flexibility index (Phi) is 3.42. The first-order chi connectivity index (χ1) is 9.24. The Morgan fingerprint density at radius 1 is 1.42 bits per heavy atom. The molecule has 102 valence electrons. The van der Waals surface area contributed by atoms with Gasteiger partial charge in [-0.2, -0.15) is 0 Å². The zero-order valence-electron chi connectivity index (χ0n) is 11.0. The normalized spacial score (nSPS) is 20.6. The van der Waals surface area contributed by atoms with Crippen LogP contribution < -0.4 is 15.8 Å². The molecule has 1 aliphatic carbocycles. The largest absolute Gasteiger partial charge is 0.491 e. The second-order valence-corrected chi connectivity index (χ2v) is 5.50. The van der Waals surface area contributed by atoms with E-state index in [1.54, 1.807) is 0 Å². The molecular formula is C15H20N2O2. The van der Waals surface area contributed by atoms with Crippen LogP contribution in [0.25, 0.3) is 0 Å². The van der Waals surface area contributed by atoms with Crippen molar-refractivity contribution >= 4 is 5.91 Å². The van der Waals surface area contributed by atoms with Gasteiger partial charge in [0.25, 0.3) is 5.91 Å². The van der Waals surface area contributed by atoms with Crippen LogP contribution in [0, 0.1) is 5.92 Å². The highest BCUT2D eigenvalue weighted by Gasteiger charge is 2.23. The van der Waals surface area contributed by atoms with Crippen LogP contribution in [-0.4, -0.2) is 19.1 Å². The Morgan fingerprint density at radius 3 is 3.00 bits per heavy atom. The fourth-order valence-corrected chi connectivity index (χ4v) is 2.73. The second kappa shape index (κ2) is 5.21. The first-order valence-corrected chi connectivity index (χ1v) is 7.04. The summed E-state index contributed by atoms with van der Waals surface area (Å²) in [7, 11) is 0. The number of fused-ring (bicyclic) bond motifs is 1. The van der Waals surface area contributed by atoms with E-state index in [1.165, 1.54) is 19.3 Å². The molecule has 1 heterocycles.